The van der Waals surface area contributed by atoms with Crippen LogP contribution in [0.1, 0.15) is 29.3 Å². The molecule has 1 N–H and O–H groups in total. The number of ketones is 1. The first-order valence-corrected chi connectivity index (χ1v) is 8.98. The molecule has 0 aliphatic carbocycles. The number of aliphatic hydroxyl groups is 1. The summed E-state index contributed by atoms with van der Waals surface area (Å²) < 4.78 is 30.8. The topological polar surface area (TPSA) is 53.4 Å². The Balaban J connectivity index is 2.17. The molecule has 0 bridgehead atoms. The summed E-state index contributed by atoms with van der Waals surface area (Å²) in [5, 5.41) is 12.0. The zero-order valence-corrected chi connectivity index (χ0v) is 16.0. The Kier molecular flexibility index (Phi) is 5.17. The Labute approximate surface area is 162 Å². The first-order chi connectivity index (χ1) is 13.2. The Bertz CT molecular complexity index is 1010. The fraction of sp³-hybridized carbons (Fsp3) is 0.273. The van der Waals surface area contributed by atoms with Gasteiger partial charge in [0.2, 0.25) is 5.78 Å². The van der Waals surface area contributed by atoms with Crippen LogP contribution in [0, 0.1) is 0 Å². The molecule has 0 amide bonds. The van der Waals surface area contributed by atoms with Crippen LogP contribution in [0.25, 0.3) is 10.8 Å². The Morgan fingerprint density at radius 2 is 1.75 bits per heavy atom. The van der Waals surface area contributed by atoms with E-state index in [1.165, 1.54) is 31.3 Å². The van der Waals surface area contributed by atoms with Crippen LogP contribution in [0.2, 0.25) is 0 Å². The summed E-state index contributed by atoms with van der Waals surface area (Å²) in [7, 11) is 3.69. The first kappa shape index (κ1) is 19.9. The molecule has 0 aliphatic rings. The van der Waals surface area contributed by atoms with Crippen molar-refractivity contribution in [3.05, 3.63) is 72.1 Å². The molecule has 0 saturated carbocycles. The number of hydrogen-bond acceptors (Lipinski definition) is 4. The maximum atomic E-state index is 15.4. The predicted octanol–water partition coefficient (Wildman–Crippen LogP) is 4.42. The highest BCUT2D eigenvalue weighted by Gasteiger charge is 2.58. The van der Waals surface area contributed by atoms with Crippen LogP contribution in [-0.2, 0) is 5.60 Å². The third kappa shape index (κ3) is 3.03. The molecule has 3 rings (SSSR count). The monoisotopic (exact) mass is 384 g/mol. The molecule has 0 fully saturated rings. The molecule has 4 nitrogen and oxygen atoms in total. The van der Waals surface area contributed by atoms with Crippen molar-refractivity contribution in [1.29, 1.82) is 0 Å². The van der Waals surface area contributed by atoms with Gasteiger partial charge in [-0.3, -0.25) is 9.78 Å². The van der Waals surface area contributed by atoms with Crippen LogP contribution in [-0.4, -0.2) is 35.9 Å². The summed E-state index contributed by atoms with van der Waals surface area (Å²) in [6, 6.07) is 12.8. The highest BCUT2D eigenvalue weighted by molar-refractivity contribution is 6.14. The van der Waals surface area contributed by atoms with E-state index >= 15 is 8.78 Å². The molecular weight excluding hydrogens is 362 g/mol. The second-order valence-corrected chi connectivity index (χ2v) is 6.93. The maximum Gasteiger partial charge on any atom is 0.341 e. The predicted molar refractivity (Wildman–Crippen MR) is 106 cm³/mol. The second kappa shape index (κ2) is 7.28. The van der Waals surface area contributed by atoms with E-state index in [1.54, 1.807) is 30.3 Å². The van der Waals surface area contributed by atoms with Crippen LogP contribution < -0.4 is 4.90 Å². The van der Waals surface area contributed by atoms with Crippen molar-refractivity contribution in [2.45, 2.75) is 24.9 Å². The minimum absolute atomic E-state index is 0.0925. The normalized spacial score (nSPS) is 13.9. The fourth-order valence-corrected chi connectivity index (χ4v) is 3.44. The number of rotatable bonds is 6. The van der Waals surface area contributed by atoms with E-state index in [2.05, 4.69) is 4.98 Å². The van der Waals surface area contributed by atoms with Gasteiger partial charge < -0.3 is 10.0 Å². The van der Waals surface area contributed by atoms with Crippen LogP contribution in [0.15, 0.2) is 60.9 Å². The maximum absolute atomic E-state index is 15.4. The number of hydrogen-bond donors (Lipinski definition) is 1. The van der Waals surface area contributed by atoms with Gasteiger partial charge in [0.1, 0.15) is 0 Å². The van der Waals surface area contributed by atoms with Gasteiger partial charge in [-0.15, -0.1) is 0 Å². The van der Waals surface area contributed by atoms with Crippen LogP contribution in [0.3, 0.4) is 0 Å². The van der Waals surface area contributed by atoms with Gasteiger partial charge in [0, 0.05) is 48.7 Å². The Morgan fingerprint density at radius 1 is 1.07 bits per heavy atom. The molecule has 1 heterocycles. The lowest BCUT2D eigenvalue weighted by Crippen LogP contribution is -2.50. The van der Waals surface area contributed by atoms with E-state index in [1.807, 2.05) is 19.0 Å². The Morgan fingerprint density at radius 3 is 2.32 bits per heavy atom. The molecule has 0 spiro atoms. The molecule has 0 aliphatic heterocycles. The third-order valence-electron chi connectivity index (χ3n) is 5.08. The van der Waals surface area contributed by atoms with Gasteiger partial charge in [0.15, 0.2) is 5.60 Å². The van der Waals surface area contributed by atoms with Crippen molar-refractivity contribution in [3.8, 4) is 0 Å². The summed E-state index contributed by atoms with van der Waals surface area (Å²) in [5.41, 5.74) is -2.06. The molecule has 2 aromatic carbocycles. The molecule has 1 atom stereocenters. The van der Waals surface area contributed by atoms with Gasteiger partial charge in [-0.05, 0) is 30.0 Å². The Hall–Kier alpha value is -2.86. The quantitative estimate of drug-likeness (QED) is 0.640. The average molecular weight is 384 g/mol. The van der Waals surface area contributed by atoms with Crippen molar-refractivity contribution < 1.29 is 18.7 Å². The first-order valence-electron chi connectivity index (χ1n) is 8.98. The number of fused-ring (bicyclic) bond motifs is 1. The third-order valence-corrected chi connectivity index (χ3v) is 5.08. The van der Waals surface area contributed by atoms with Crippen molar-refractivity contribution in [1.82, 2.24) is 4.98 Å². The summed E-state index contributed by atoms with van der Waals surface area (Å²) in [6.45, 7) is 1.42. The molecular formula is C22H22F2N2O2. The number of Topliss-reactive ketones (excluding diaryl/α,β-unsaturated/α-hetero) is 1. The van der Waals surface area contributed by atoms with Crippen molar-refractivity contribution >= 4 is 22.2 Å². The van der Waals surface area contributed by atoms with E-state index in [9.17, 15) is 9.90 Å². The SMILES string of the molecule is CCC(O)(c1cccnc1)C(F)(F)C(=O)c1ccc(N(C)C)c2ccccc12. The highest BCUT2D eigenvalue weighted by Crippen LogP contribution is 2.43. The number of benzene rings is 2. The lowest BCUT2D eigenvalue weighted by Gasteiger charge is -2.34. The number of halogens is 2. The molecule has 1 aromatic heterocycles. The number of anilines is 1. The minimum Gasteiger partial charge on any atom is -0.378 e. The largest absolute Gasteiger partial charge is 0.378 e. The second-order valence-electron chi connectivity index (χ2n) is 6.93. The zero-order chi connectivity index (χ0) is 20.5. The van der Waals surface area contributed by atoms with Crippen molar-refractivity contribution in [2.24, 2.45) is 0 Å². The molecule has 28 heavy (non-hydrogen) atoms. The number of carbonyl (C=O) groups is 1. The zero-order valence-electron chi connectivity index (χ0n) is 16.0. The van der Waals surface area contributed by atoms with E-state index in [4.69, 9.17) is 0 Å². The molecule has 0 saturated heterocycles. The highest BCUT2D eigenvalue weighted by atomic mass is 19.3. The number of alkyl halides is 2. The molecule has 146 valence electrons. The summed E-state index contributed by atoms with van der Waals surface area (Å²) in [6.07, 6.45) is 2.25. The number of pyridine rings is 1. The van der Waals surface area contributed by atoms with Gasteiger partial charge in [0.05, 0.1) is 0 Å². The molecule has 3 aromatic rings. The van der Waals surface area contributed by atoms with E-state index < -0.39 is 17.3 Å². The summed E-state index contributed by atoms with van der Waals surface area (Å²) in [4.78, 5) is 18.7. The van der Waals surface area contributed by atoms with Crippen molar-refractivity contribution in [2.75, 3.05) is 19.0 Å². The number of aromatic nitrogens is 1. The number of carbonyl (C=O) groups excluding carboxylic acids is 1. The fourth-order valence-electron chi connectivity index (χ4n) is 3.44. The standard InChI is InChI=1S/C22H22F2N2O2/c1-4-21(28,15-8-7-13-25-14-15)22(23,24)20(27)18-11-12-19(26(2)3)17-10-6-5-9-16(17)18/h5-14,28H,4H2,1-3H3. The molecule has 0 radical (unpaired) electrons. The van der Waals surface area contributed by atoms with Crippen molar-refractivity contribution in [3.63, 3.8) is 0 Å². The van der Waals surface area contributed by atoms with E-state index in [0.29, 0.717) is 10.8 Å². The van der Waals surface area contributed by atoms with E-state index in [-0.39, 0.29) is 17.5 Å². The van der Waals surface area contributed by atoms with Crippen LogP contribution >= 0.6 is 0 Å². The molecule has 6 heteroatoms. The minimum atomic E-state index is -4.03. The van der Waals surface area contributed by atoms with E-state index in [0.717, 1.165) is 11.9 Å². The van der Waals surface area contributed by atoms with Gasteiger partial charge >= 0.3 is 5.92 Å². The summed E-state index contributed by atoms with van der Waals surface area (Å²) in [5.74, 6) is -5.45. The smallest absolute Gasteiger partial charge is 0.341 e. The van der Waals surface area contributed by atoms with Gasteiger partial charge in [-0.1, -0.05) is 37.3 Å². The van der Waals surface area contributed by atoms with Crippen LogP contribution in [0.4, 0.5) is 14.5 Å². The van der Waals surface area contributed by atoms with Crippen LogP contribution in [0.5, 0.6) is 0 Å². The lowest BCUT2D eigenvalue weighted by atomic mass is 9.81. The number of nitrogens with zero attached hydrogens (tertiary/aromatic N) is 2. The lowest BCUT2D eigenvalue weighted by molar-refractivity contribution is -0.158. The van der Waals surface area contributed by atoms with Gasteiger partial charge in [0.25, 0.3) is 0 Å². The molecule has 1 unspecified atom stereocenters. The summed E-state index contributed by atoms with van der Waals surface area (Å²) >= 11 is 0. The van der Waals surface area contributed by atoms with Gasteiger partial charge in [-0.25, -0.2) is 0 Å². The van der Waals surface area contributed by atoms with Gasteiger partial charge in [-0.2, -0.15) is 8.78 Å². The average Bonchev–Trinajstić information content (AvgIpc) is 2.72.